The van der Waals surface area contributed by atoms with Crippen LogP contribution in [0.15, 0.2) is 82.9 Å². The predicted molar refractivity (Wildman–Crippen MR) is 174 cm³/mol. The molecule has 1 amide bonds. The Labute approximate surface area is 281 Å². The Kier molecular flexibility index (Phi) is 11.9. The van der Waals surface area contributed by atoms with Gasteiger partial charge in [0.15, 0.2) is 11.6 Å². The molecular formula is C35H38F3N5O6. The van der Waals surface area contributed by atoms with E-state index in [2.05, 4.69) is 15.3 Å². The molecule has 0 saturated carbocycles. The van der Waals surface area contributed by atoms with Crippen LogP contribution in [0.2, 0.25) is 0 Å². The summed E-state index contributed by atoms with van der Waals surface area (Å²) in [6.07, 6.45) is -5.92. The van der Waals surface area contributed by atoms with E-state index < -0.39 is 47.4 Å². The highest BCUT2D eigenvalue weighted by molar-refractivity contribution is 6.01. The number of nitrogens with one attached hydrogen (secondary N) is 1. The fraction of sp³-hybridized carbons (Fsp3) is 0.400. The second-order valence-corrected chi connectivity index (χ2v) is 12.3. The number of hydrogen-bond acceptors (Lipinski definition) is 8. The van der Waals surface area contributed by atoms with Crippen LogP contribution in [0.3, 0.4) is 0 Å². The van der Waals surface area contributed by atoms with E-state index in [0.717, 1.165) is 6.07 Å². The van der Waals surface area contributed by atoms with Crippen LogP contribution in [-0.2, 0) is 38.3 Å². The third kappa shape index (κ3) is 9.52. The molecule has 0 aliphatic carbocycles. The number of aliphatic imine (C=N–C) groups is 1. The molecular weight excluding hydrogens is 643 g/mol. The Balaban J connectivity index is 1.81. The Bertz CT molecular complexity index is 1700. The molecule has 3 aromatic rings. The molecule has 0 fully saturated rings. The van der Waals surface area contributed by atoms with Crippen LogP contribution in [0.25, 0.3) is 10.4 Å². The molecule has 14 heteroatoms. The van der Waals surface area contributed by atoms with Crippen molar-refractivity contribution >= 4 is 17.8 Å². The first kappa shape index (κ1) is 36.8. The lowest BCUT2D eigenvalue weighted by molar-refractivity contribution is -0.155. The van der Waals surface area contributed by atoms with Crippen molar-refractivity contribution in [3.05, 3.63) is 111 Å². The van der Waals surface area contributed by atoms with Crippen LogP contribution in [0.1, 0.15) is 74.0 Å². The second-order valence-electron chi connectivity index (χ2n) is 12.3. The summed E-state index contributed by atoms with van der Waals surface area (Å²) in [4.78, 5) is 35.1. The first-order valence-corrected chi connectivity index (χ1v) is 15.6. The number of amides is 1. The van der Waals surface area contributed by atoms with Gasteiger partial charge in [-0.25, -0.2) is 4.99 Å². The van der Waals surface area contributed by atoms with Crippen molar-refractivity contribution < 1.29 is 42.1 Å². The Hall–Kier alpha value is -5.07. The topological polar surface area (TPSA) is 155 Å². The maximum Gasteiger partial charge on any atom is 0.416 e. The van der Waals surface area contributed by atoms with Crippen molar-refractivity contribution in [1.82, 2.24) is 5.32 Å². The first-order chi connectivity index (χ1) is 23.3. The number of ether oxygens (including phenoxy) is 3. The summed E-state index contributed by atoms with van der Waals surface area (Å²) in [6, 6.07) is 18.4. The Morgan fingerprint density at radius 2 is 1.71 bits per heavy atom. The number of esters is 1. The van der Waals surface area contributed by atoms with E-state index in [-0.39, 0.29) is 37.5 Å². The highest BCUT2D eigenvalue weighted by atomic mass is 19.4. The lowest BCUT2D eigenvalue weighted by Gasteiger charge is -2.32. The van der Waals surface area contributed by atoms with Gasteiger partial charge < -0.3 is 24.6 Å². The minimum atomic E-state index is -4.66. The van der Waals surface area contributed by atoms with E-state index >= 15 is 0 Å². The summed E-state index contributed by atoms with van der Waals surface area (Å²) in [5.74, 6) is -0.836. The molecule has 49 heavy (non-hydrogen) atoms. The minimum absolute atomic E-state index is 0.0273. The summed E-state index contributed by atoms with van der Waals surface area (Å²) in [5, 5.41) is 15.4. The van der Waals surface area contributed by atoms with Crippen molar-refractivity contribution in [3.63, 3.8) is 0 Å². The van der Waals surface area contributed by atoms with E-state index in [9.17, 15) is 22.8 Å². The number of carbonyl (C=O) groups excluding carboxylic acids is 2. The Morgan fingerprint density at radius 3 is 2.37 bits per heavy atom. The van der Waals surface area contributed by atoms with Crippen LogP contribution in [0.5, 0.6) is 5.75 Å². The molecule has 1 aliphatic rings. The molecule has 0 bridgehead atoms. The van der Waals surface area contributed by atoms with Crippen molar-refractivity contribution in [2.24, 2.45) is 10.1 Å². The van der Waals surface area contributed by atoms with Gasteiger partial charge in [0, 0.05) is 36.5 Å². The molecule has 1 heterocycles. The van der Waals surface area contributed by atoms with Crippen LogP contribution >= 0.6 is 0 Å². The number of hydrogen-bond donors (Lipinski definition) is 2. The molecule has 0 unspecified atom stereocenters. The fourth-order valence-corrected chi connectivity index (χ4v) is 5.35. The van der Waals surface area contributed by atoms with Crippen molar-refractivity contribution in [3.8, 4) is 5.75 Å². The average molecular weight is 682 g/mol. The molecule has 2 atom stereocenters. The summed E-state index contributed by atoms with van der Waals surface area (Å²) in [7, 11) is 0. The smallest absolute Gasteiger partial charge is 0.416 e. The number of rotatable bonds is 14. The molecule has 11 nitrogen and oxygen atoms in total. The van der Waals surface area contributed by atoms with Gasteiger partial charge in [0.1, 0.15) is 11.4 Å². The number of benzene rings is 3. The van der Waals surface area contributed by atoms with Crippen molar-refractivity contribution in [1.29, 1.82) is 0 Å². The van der Waals surface area contributed by atoms with Gasteiger partial charge in [-0.1, -0.05) is 47.6 Å². The van der Waals surface area contributed by atoms with Gasteiger partial charge in [-0.2, -0.15) is 13.2 Å². The molecule has 4 rings (SSSR count). The lowest BCUT2D eigenvalue weighted by atomic mass is 9.81. The van der Waals surface area contributed by atoms with Gasteiger partial charge in [-0.05, 0) is 79.7 Å². The molecule has 0 spiro atoms. The van der Waals surface area contributed by atoms with Gasteiger partial charge in [0.05, 0.1) is 18.7 Å². The summed E-state index contributed by atoms with van der Waals surface area (Å²) in [6.45, 7) is 4.79. The average Bonchev–Trinajstić information content (AvgIpc) is 3.45. The van der Waals surface area contributed by atoms with E-state index in [1.54, 1.807) is 69.3 Å². The number of azide groups is 1. The van der Waals surface area contributed by atoms with E-state index in [0.29, 0.717) is 35.5 Å². The third-order valence-corrected chi connectivity index (χ3v) is 7.56. The maximum atomic E-state index is 14.4. The number of aliphatic hydroxyl groups is 1. The largest absolute Gasteiger partial charge is 0.494 e. The molecule has 260 valence electrons. The van der Waals surface area contributed by atoms with Gasteiger partial charge >= 0.3 is 12.1 Å². The van der Waals surface area contributed by atoms with Crippen LogP contribution in [0, 0.1) is 0 Å². The van der Waals surface area contributed by atoms with Gasteiger partial charge in [0.25, 0.3) is 5.91 Å². The van der Waals surface area contributed by atoms with E-state index in [4.69, 9.17) is 29.8 Å². The van der Waals surface area contributed by atoms with Gasteiger partial charge in [-0.15, -0.1) is 0 Å². The number of aliphatic hydroxyl groups excluding tert-OH is 1. The third-order valence-electron chi connectivity index (χ3n) is 7.56. The van der Waals surface area contributed by atoms with Gasteiger partial charge in [-0.3, -0.25) is 9.59 Å². The predicted octanol–water partition coefficient (Wildman–Crippen LogP) is 6.97. The fourth-order valence-electron chi connectivity index (χ4n) is 5.35. The Morgan fingerprint density at radius 1 is 1.04 bits per heavy atom. The number of halogens is 3. The second kappa shape index (κ2) is 15.9. The monoisotopic (exact) mass is 681 g/mol. The van der Waals surface area contributed by atoms with Gasteiger partial charge in [0.2, 0.25) is 5.90 Å². The molecule has 0 saturated heterocycles. The number of nitrogens with zero attached hydrogens (tertiary/aromatic N) is 4. The van der Waals surface area contributed by atoms with Crippen LogP contribution < -0.4 is 10.1 Å². The first-order valence-electron chi connectivity index (χ1n) is 15.6. The highest BCUT2D eigenvalue weighted by Crippen LogP contribution is 2.45. The molecule has 0 radical (unpaired) electrons. The van der Waals surface area contributed by atoms with Crippen LogP contribution in [0.4, 0.5) is 13.2 Å². The zero-order valence-corrected chi connectivity index (χ0v) is 27.4. The minimum Gasteiger partial charge on any atom is -0.494 e. The summed E-state index contributed by atoms with van der Waals surface area (Å²) < 4.78 is 59.0. The molecule has 2 N–H and O–H groups in total. The number of alkyl halides is 3. The molecule has 0 aromatic heterocycles. The highest BCUT2D eigenvalue weighted by Gasteiger charge is 2.54. The zero-order chi connectivity index (χ0) is 35.7. The standard InChI is InChI=1S/C35H38F3N5O6/c1-33(2,3)49-29(45)17-18-34(32(46)40-21-25-10-5-7-12-28(25)35(36,37)38)30(27-11-6-4-9-24(27)22-41-43-39)48-31(42-34)23-13-15-26(16-14-23)47-20-8-19-44/h4-7,9-16,30,44H,8,17-22H2,1-3H3,(H,40,46)/t30-,34-/m1/s1. The SMILES string of the molecule is CC(C)(C)OC(=O)CC[C@@]1(C(=O)NCc2ccccc2C(F)(F)F)N=C(c2ccc(OCCCO)cc2)O[C@@H]1c1ccccc1CN=[N+]=[N-]. The van der Waals surface area contributed by atoms with Crippen molar-refractivity contribution in [2.45, 2.75) is 76.5 Å². The van der Waals surface area contributed by atoms with E-state index in [1.807, 2.05) is 0 Å². The number of carbonyl (C=O) groups is 2. The summed E-state index contributed by atoms with van der Waals surface area (Å²) in [5.41, 5.74) is 6.70. The van der Waals surface area contributed by atoms with Crippen LogP contribution in [-0.4, -0.2) is 47.2 Å². The maximum absolute atomic E-state index is 14.4. The van der Waals surface area contributed by atoms with E-state index in [1.165, 1.54) is 18.2 Å². The molecule has 3 aromatic carbocycles. The van der Waals surface area contributed by atoms with Crippen molar-refractivity contribution in [2.75, 3.05) is 13.2 Å². The normalized spacial score (nSPS) is 17.4. The lowest BCUT2D eigenvalue weighted by Crippen LogP contribution is -2.48. The zero-order valence-electron chi connectivity index (χ0n) is 27.4. The summed E-state index contributed by atoms with van der Waals surface area (Å²) >= 11 is 0. The molecule has 1 aliphatic heterocycles. The quantitative estimate of drug-likeness (QED) is 0.0616.